The molecule has 2 N–H and O–H groups in total. The van der Waals surface area contributed by atoms with Gasteiger partial charge in [-0.25, -0.2) is 0 Å². The van der Waals surface area contributed by atoms with Gasteiger partial charge in [-0.05, 0) is 37.6 Å². The van der Waals surface area contributed by atoms with E-state index < -0.39 is 0 Å². The summed E-state index contributed by atoms with van der Waals surface area (Å²) in [6.07, 6.45) is 0. The Labute approximate surface area is 129 Å². The summed E-state index contributed by atoms with van der Waals surface area (Å²) in [7, 11) is 1.59. The van der Waals surface area contributed by atoms with Gasteiger partial charge >= 0.3 is 0 Å². The zero-order chi connectivity index (χ0) is 15.4. The minimum Gasteiger partial charge on any atom is -0.494 e. The Morgan fingerprint density at radius 3 is 2.62 bits per heavy atom. The van der Waals surface area contributed by atoms with Crippen molar-refractivity contribution >= 4 is 28.6 Å². The van der Waals surface area contributed by atoms with E-state index in [0.717, 1.165) is 12.2 Å². The number of amides is 1. The van der Waals surface area contributed by atoms with Crippen LogP contribution in [0.15, 0.2) is 24.3 Å². The molecule has 0 aliphatic carbocycles. The van der Waals surface area contributed by atoms with Gasteiger partial charge in [0.25, 0.3) is 0 Å². The SMILES string of the molecule is COc1cc(NCc2cc(C)sc2C)ccc1NC(C)=O. The lowest BCUT2D eigenvalue weighted by Crippen LogP contribution is -2.07. The van der Waals surface area contributed by atoms with Gasteiger partial charge in [-0.15, -0.1) is 11.3 Å². The number of hydrogen-bond donors (Lipinski definition) is 2. The van der Waals surface area contributed by atoms with Crippen molar-refractivity contribution in [2.45, 2.75) is 27.3 Å². The summed E-state index contributed by atoms with van der Waals surface area (Å²) < 4.78 is 5.31. The van der Waals surface area contributed by atoms with Gasteiger partial charge < -0.3 is 15.4 Å². The van der Waals surface area contributed by atoms with Crippen LogP contribution in [0.2, 0.25) is 0 Å². The van der Waals surface area contributed by atoms with Crippen molar-refractivity contribution in [2.24, 2.45) is 0 Å². The molecule has 1 heterocycles. The van der Waals surface area contributed by atoms with Gasteiger partial charge in [0, 0.05) is 35.0 Å². The third kappa shape index (κ3) is 3.98. The van der Waals surface area contributed by atoms with Crippen molar-refractivity contribution in [1.29, 1.82) is 0 Å². The first-order valence-corrected chi connectivity index (χ1v) is 7.56. The second-order valence-corrected chi connectivity index (χ2v) is 6.35. The molecule has 112 valence electrons. The summed E-state index contributed by atoms with van der Waals surface area (Å²) in [5.74, 6) is 0.534. The van der Waals surface area contributed by atoms with Crippen molar-refractivity contribution < 1.29 is 9.53 Å². The van der Waals surface area contributed by atoms with Crippen molar-refractivity contribution in [3.63, 3.8) is 0 Å². The lowest BCUT2D eigenvalue weighted by Gasteiger charge is -2.12. The van der Waals surface area contributed by atoms with Crippen LogP contribution >= 0.6 is 11.3 Å². The van der Waals surface area contributed by atoms with Crippen LogP contribution in [0.1, 0.15) is 22.2 Å². The average Bonchev–Trinajstić information content (AvgIpc) is 2.75. The molecule has 1 aromatic heterocycles. The molecule has 1 aromatic carbocycles. The highest BCUT2D eigenvalue weighted by molar-refractivity contribution is 7.12. The van der Waals surface area contributed by atoms with Crippen LogP contribution in [0, 0.1) is 13.8 Å². The molecule has 0 fully saturated rings. The Morgan fingerprint density at radius 1 is 1.29 bits per heavy atom. The van der Waals surface area contributed by atoms with Gasteiger partial charge in [0.15, 0.2) is 0 Å². The lowest BCUT2D eigenvalue weighted by atomic mass is 10.2. The molecule has 4 nitrogen and oxygen atoms in total. The quantitative estimate of drug-likeness (QED) is 0.879. The summed E-state index contributed by atoms with van der Waals surface area (Å²) in [4.78, 5) is 13.8. The number of thiophene rings is 1. The van der Waals surface area contributed by atoms with E-state index in [4.69, 9.17) is 4.74 Å². The lowest BCUT2D eigenvalue weighted by molar-refractivity contribution is -0.114. The second kappa shape index (κ2) is 6.63. The van der Waals surface area contributed by atoms with E-state index >= 15 is 0 Å². The van der Waals surface area contributed by atoms with Crippen LogP contribution in [0.5, 0.6) is 5.75 Å². The van der Waals surface area contributed by atoms with Crippen molar-refractivity contribution in [2.75, 3.05) is 17.7 Å². The predicted octanol–water partition coefficient (Wildman–Crippen LogP) is 3.94. The van der Waals surface area contributed by atoms with Crippen LogP contribution in [0.25, 0.3) is 0 Å². The molecule has 0 aliphatic heterocycles. The summed E-state index contributed by atoms with van der Waals surface area (Å²) in [5, 5.41) is 6.13. The first-order valence-electron chi connectivity index (χ1n) is 6.75. The molecule has 2 rings (SSSR count). The highest BCUT2D eigenvalue weighted by Crippen LogP contribution is 2.29. The second-order valence-electron chi connectivity index (χ2n) is 4.89. The Bertz CT molecular complexity index is 650. The number of methoxy groups -OCH3 is 1. The fourth-order valence-corrected chi connectivity index (χ4v) is 3.10. The topological polar surface area (TPSA) is 50.4 Å². The highest BCUT2D eigenvalue weighted by Gasteiger charge is 2.07. The molecule has 5 heteroatoms. The van der Waals surface area contributed by atoms with Gasteiger partial charge in [-0.3, -0.25) is 4.79 Å². The zero-order valence-corrected chi connectivity index (χ0v) is 13.6. The molecule has 0 radical (unpaired) electrons. The van der Waals surface area contributed by atoms with Crippen LogP contribution in [0.3, 0.4) is 0 Å². The van der Waals surface area contributed by atoms with E-state index in [-0.39, 0.29) is 5.91 Å². The molecular formula is C16H20N2O2S. The van der Waals surface area contributed by atoms with E-state index in [1.165, 1.54) is 22.2 Å². The Kier molecular flexibility index (Phi) is 4.85. The predicted molar refractivity (Wildman–Crippen MR) is 88.4 cm³/mol. The molecule has 0 spiro atoms. The summed E-state index contributed by atoms with van der Waals surface area (Å²) in [5.41, 5.74) is 2.95. The van der Waals surface area contributed by atoms with Crippen molar-refractivity contribution in [3.05, 3.63) is 39.6 Å². The molecule has 0 atom stereocenters. The first kappa shape index (κ1) is 15.4. The van der Waals surface area contributed by atoms with Gasteiger partial charge in [0.2, 0.25) is 5.91 Å². The molecule has 1 amide bonds. The smallest absolute Gasteiger partial charge is 0.221 e. The molecule has 0 saturated carbocycles. The monoisotopic (exact) mass is 304 g/mol. The van der Waals surface area contributed by atoms with Gasteiger partial charge in [0.1, 0.15) is 5.75 Å². The molecule has 21 heavy (non-hydrogen) atoms. The van der Waals surface area contributed by atoms with E-state index in [0.29, 0.717) is 11.4 Å². The van der Waals surface area contributed by atoms with Crippen molar-refractivity contribution in [1.82, 2.24) is 0 Å². The van der Waals surface area contributed by atoms with Crippen LogP contribution in [-0.2, 0) is 11.3 Å². The number of rotatable bonds is 5. The third-order valence-corrected chi connectivity index (χ3v) is 4.15. The number of anilines is 2. The molecule has 0 bridgehead atoms. The molecule has 0 saturated heterocycles. The number of aryl methyl sites for hydroxylation is 2. The van der Waals surface area contributed by atoms with Gasteiger partial charge in [-0.1, -0.05) is 0 Å². The fraction of sp³-hybridized carbons (Fsp3) is 0.312. The van der Waals surface area contributed by atoms with Crippen LogP contribution in [-0.4, -0.2) is 13.0 Å². The van der Waals surface area contributed by atoms with Gasteiger partial charge in [0.05, 0.1) is 12.8 Å². The summed E-state index contributed by atoms with van der Waals surface area (Å²) >= 11 is 1.81. The van der Waals surface area contributed by atoms with Gasteiger partial charge in [-0.2, -0.15) is 0 Å². The maximum absolute atomic E-state index is 11.1. The number of benzene rings is 1. The summed E-state index contributed by atoms with van der Waals surface area (Å²) in [6, 6.07) is 7.87. The number of carbonyl (C=O) groups excluding carboxylic acids is 1. The largest absolute Gasteiger partial charge is 0.494 e. The standard InChI is InChI=1S/C16H20N2O2S/c1-10-7-13(11(2)21-10)9-17-14-5-6-15(18-12(3)19)16(8-14)20-4/h5-8,17H,9H2,1-4H3,(H,18,19). The summed E-state index contributed by atoms with van der Waals surface area (Å²) in [6.45, 7) is 6.51. The maximum Gasteiger partial charge on any atom is 0.221 e. The Balaban J connectivity index is 2.10. The van der Waals surface area contributed by atoms with Crippen LogP contribution < -0.4 is 15.4 Å². The highest BCUT2D eigenvalue weighted by atomic mass is 32.1. The maximum atomic E-state index is 11.1. The normalized spacial score (nSPS) is 10.3. The minimum atomic E-state index is -0.113. The first-order chi connectivity index (χ1) is 9.99. The number of hydrogen-bond acceptors (Lipinski definition) is 4. The molecule has 0 aliphatic rings. The van der Waals surface area contributed by atoms with Crippen LogP contribution in [0.4, 0.5) is 11.4 Å². The van der Waals surface area contributed by atoms with E-state index in [1.807, 2.05) is 29.5 Å². The zero-order valence-electron chi connectivity index (χ0n) is 12.7. The molecule has 0 unspecified atom stereocenters. The van der Waals surface area contributed by atoms with E-state index in [2.05, 4.69) is 30.5 Å². The minimum absolute atomic E-state index is 0.113. The number of ether oxygens (including phenoxy) is 1. The third-order valence-electron chi connectivity index (χ3n) is 3.14. The van der Waals surface area contributed by atoms with Crippen molar-refractivity contribution in [3.8, 4) is 5.75 Å². The van der Waals surface area contributed by atoms with E-state index in [9.17, 15) is 4.79 Å². The number of carbonyl (C=O) groups is 1. The Morgan fingerprint density at radius 2 is 2.05 bits per heavy atom. The average molecular weight is 304 g/mol. The molecule has 2 aromatic rings. The fourth-order valence-electron chi connectivity index (χ4n) is 2.15. The number of nitrogens with one attached hydrogen (secondary N) is 2. The Hall–Kier alpha value is -2.01. The van der Waals surface area contributed by atoms with E-state index in [1.54, 1.807) is 7.11 Å². The molecular weight excluding hydrogens is 284 g/mol.